The monoisotopic (exact) mass is 275 g/mol. The van der Waals surface area contributed by atoms with E-state index in [9.17, 15) is 4.79 Å². The van der Waals surface area contributed by atoms with Crippen molar-refractivity contribution in [2.45, 2.75) is 0 Å². The van der Waals surface area contributed by atoms with Crippen molar-refractivity contribution in [2.24, 2.45) is 0 Å². The first-order valence-electron chi connectivity index (χ1n) is 3.94. The third-order valence-electron chi connectivity index (χ3n) is 1.56. The Hall–Kier alpha value is -1.31. The number of carbonyl (C=O) groups is 1. The van der Waals surface area contributed by atoms with Gasteiger partial charge >= 0.3 is 0 Å². The Kier molecular flexibility index (Phi) is 3.28. The van der Waals surface area contributed by atoms with Gasteiger partial charge in [-0.05, 0) is 6.07 Å². The Morgan fingerprint density at radius 3 is 2.88 bits per heavy atom. The molecule has 2 aromatic rings. The third kappa shape index (κ3) is 2.43. The van der Waals surface area contributed by atoms with Crippen LogP contribution in [0.15, 0.2) is 12.3 Å². The molecule has 6 nitrogen and oxygen atoms in total. The van der Waals surface area contributed by atoms with Gasteiger partial charge < -0.3 is 5.32 Å². The maximum Gasteiger partial charge on any atom is 0.259 e. The molecule has 0 saturated heterocycles. The zero-order valence-corrected chi connectivity index (χ0v) is 9.84. The van der Waals surface area contributed by atoms with E-state index in [2.05, 4.69) is 25.1 Å². The standard InChI is InChI=1S/C7H3Cl2N5OS/c8-4-1-3(6(9)13-12-4)7(15)11-5-2-10-14-16-5/h1-2H,(H,11,15). The van der Waals surface area contributed by atoms with Gasteiger partial charge in [-0.1, -0.05) is 27.7 Å². The lowest BCUT2D eigenvalue weighted by molar-refractivity contribution is 0.102. The lowest BCUT2D eigenvalue weighted by Gasteiger charge is -2.02. The Bertz CT molecular complexity index is 518. The second-order valence-electron chi connectivity index (χ2n) is 2.61. The summed E-state index contributed by atoms with van der Waals surface area (Å²) in [6, 6.07) is 1.33. The fourth-order valence-corrected chi connectivity index (χ4v) is 1.65. The molecule has 82 valence electrons. The van der Waals surface area contributed by atoms with Crippen LogP contribution in [0.3, 0.4) is 0 Å². The number of hydrogen-bond donors (Lipinski definition) is 1. The fourth-order valence-electron chi connectivity index (χ4n) is 0.914. The summed E-state index contributed by atoms with van der Waals surface area (Å²) in [5.41, 5.74) is 0.148. The summed E-state index contributed by atoms with van der Waals surface area (Å²) in [7, 11) is 0. The number of amides is 1. The van der Waals surface area contributed by atoms with Gasteiger partial charge in [0.05, 0.1) is 11.8 Å². The second kappa shape index (κ2) is 4.69. The van der Waals surface area contributed by atoms with Crippen LogP contribution < -0.4 is 5.32 Å². The third-order valence-corrected chi connectivity index (χ3v) is 2.61. The number of anilines is 1. The minimum atomic E-state index is -0.437. The van der Waals surface area contributed by atoms with E-state index in [0.29, 0.717) is 5.00 Å². The van der Waals surface area contributed by atoms with Gasteiger partial charge in [-0.25, -0.2) is 0 Å². The summed E-state index contributed by atoms with van der Waals surface area (Å²) < 4.78 is 3.60. The minimum Gasteiger partial charge on any atom is -0.311 e. The summed E-state index contributed by atoms with van der Waals surface area (Å²) in [4.78, 5) is 11.7. The number of hydrogen-bond acceptors (Lipinski definition) is 6. The zero-order valence-electron chi connectivity index (χ0n) is 7.52. The van der Waals surface area contributed by atoms with E-state index >= 15 is 0 Å². The van der Waals surface area contributed by atoms with E-state index in [-0.39, 0.29) is 15.9 Å². The van der Waals surface area contributed by atoms with Gasteiger partial charge in [0.25, 0.3) is 5.91 Å². The lowest BCUT2D eigenvalue weighted by Crippen LogP contribution is -2.12. The van der Waals surface area contributed by atoms with Gasteiger partial charge in [0.15, 0.2) is 10.3 Å². The Labute approximate surface area is 104 Å². The predicted octanol–water partition coefficient (Wildman–Crippen LogP) is 1.89. The summed E-state index contributed by atoms with van der Waals surface area (Å²) in [5, 5.41) is 13.7. The Morgan fingerprint density at radius 2 is 2.19 bits per heavy atom. The zero-order chi connectivity index (χ0) is 11.5. The molecule has 0 aliphatic carbocycles. The molecule has 0 aromatic carbocycles. The average molecular weight is 276 g/mol. The molecule has 0 unspecified atom stereocenters. The van der Waals surface area contributed by atoms with Crippen LogP contribution in [0.2, 0.25) is 10.3 Å². The van der Waals surface area contributed by atoms with Gasteiger partial charge in [0.2, 0.25) is 0 Å². The largest absolute Gasteiger partial charge is 0.311 e. The van der Waals surface area contributed by atoms with E-state index in [1.165, 1.54) is 12.3 Å². The maximum atomic E-state index is 11.7. The molecule has 0 saturated carbocycles. The van der Waals surface area contributed by atoms with Crippen LogP contribution in [-0.2, 0) is 0 Å². The molecule has 0 aliphatic rings. The number of rotatable bonds is 2. The van der Waals surface area contributed by atoms with Crippen LogP contribution in [0.1, 0.15) is 10.4 Å². The van der Waals surface area contributed by atoms with Crippen LogP contribution in [0.25, 0.3) is 0 Å². The molecule has 2 aromatic heterocycles. The van der Waals surface area contributed by atoms with Crippen molar-refractivity contribution in [3.8, 4) is 0 Å². The van der Waals surface area contributed by atoms with Gasteiger partial charge in [0, 0.05) is 11.5 Å². The highest BCUT2D eigenvalue weighted by Crippen LogP contribution is 2.18. The lowest BCUT2D eigenvalue weighted by atomic mass is 10.3. The van der Waals surface area contributed by atoms with Crippen molar-refractivity contribution in [1.29, 1.82) is 0 Å². The first-order chi connectivity index (χ1) is 7.66. The number of nitrogens with one attached hydrogen (secondary N) is 1. The molecule has 2 rings (SSSR count). The molecule has 1 amide bonds. The SMILES string of the molecule is O=C(Nc1cnns1)c1cc(Cl)nnc1Cl. The first-order valence-corrected chi connectivity index (χ1v) is 5.47. The number of halogens is 2. The summed E-state index contributed by atoms with van der Waals surface area (Å²) in [5.74, 6) is -0.437. The van der Waals surface area contributed by atoms with Gasteiger partial charge in [0.1, 0.15) is 5.00 Å². The fraction of sp³-hybridized carbons (Fsp3) is 0. The highest BCUT2D eigenvalue weighted by atomic mass is 35.5. The maximum absolute atomic E-state index is 11.7. The smallest absolute Gasteiger partial charge is 0.259 e. The van der Waals surface area contributed by atoms with Crippen molar-refractivity contribution < 1.29 is 4.79 Å². The summed E-state index contributed by atoms with van der Waals surface area (Å²) in [6.45, 7) is 0. The van der Waals surface area contributed by atoms with Gasteiger partial charge in [-0.15, -0.1) is 15.3 Å². The molecule has 0 spiro atoms. The molecule has 2 heterocycles. The highest BCUT2D eigenvalue weighted by molar-refractivity contribution is 7.10. The molecule has 1 N–H and O–H groups in total. The van der Waals surface area contributed by atoms with Crippen LogP contribution in [-0.4, -0.2) is 25.7 Å². The minimum absolute atomic E-state index is 0.0145. The van der Waals surface area contributed by atoms with Crippen molar-refractivity contribution in [3.63, 3.8) is 0 Å². The van der Waals surface area contributed by atoms with E-state index in [1.54, 1.807) is 0 Å². The van der Waals surface area contributed by atoms with Gasteiger partial charge in [-0.2, -0.15) is 0 Å². The number of carbonyl (C=O) groups excluding carboxylic acids is 1. The first kappa shape index (κ1) is 11.2. The summed E-state index contributed by atoms with van der Waals surface area (Å²) >= 11 is 12.4. The van der Waals surface area contributed by atoms with Crippen molar-refractivity contribution in [3.05, 3.63) is 28.1 Å². The van der Waals surface area contributed by atoms with Crippen molar-refractivity contribution in [1.82, 2.24) is 19.8 Å². The van der Waals surface area contributed by atoms with E-state index in [0.717, 1.165) is 11.5 Å². The Balaban J connectivity index is 2.24. The van der Waals surface area contributed by atoms with E-state index in [1.807, 2.05) is 0 Å². The average Bonchev–Trinajstić information content (AvgIpc) is 2.74. The normalized spacial score (nSPS) is 10.1. The molecule has 0 atom stereocenters. The quantitative estimate of drug-likeness (QED) is 0.905. The van der Waals surface area contributed by atoms with Crippen molar-refractivity contribution >= 4 is 45.6 Å². The second-order valence-corrected chi connectivity index (χ2v) is 4.14. The summed E-state index contributed by atoms with van der Waals surface area (Å²) in [6.07, 6.45) is 1.42. The number of aromatic nitrogens is 4. The molecule has 0 radical (unpaired) electrons. The molecule has 0 aliphatic heterocycles. The Morgan fingerprint density at radius 1 is 1.38 bits per heavy atom. The molecular formula is C7H3Cl2N5OS. The van der Waals surface area contributed by atoms with E-state index < -0.39 is 5.91 Å². The number of nitrogens with zero attached hydrogens (tertiary/aromatic N) is 4. The van der Waals surface area contributed by atoms with Gasteiger partial charge in [-0.3, -0.25) is 4.79 Å². The molecule has 9 heteroatoms. The van der Waals surface area contributed by atoms with Crippen LogP contribution in [0, 0.1) is 0 Å². The molecule has 0 fully saturated rings. The molecule has 16 heavy (non-hydrogen) atoms. The highest BCUT2D eigenvalue weighted by Gasteiger charge is 2.14. The van der Waals surface area contributed by atoms with E-state index in [4.69, 9.17) is 23.2 Å². The van der Waals surface area contributed by atoms with Crippen molar-refractivity contribution in [2.75, 3.05) is 5.32 Å². The molecular weight excluding hydrogens is 273 g/mol. The van der Waals surface area contributed by atoms with Crippen LogP contribution >= 0.6 is 34.7 Å². The predicted molar refractivity (Wildman–Crippen MR) is 59.9 cm³/mol. The van der Waals surface area contributed by atoms with Crippen LogP contribution in [0.5, 0.6) is 0 Å². The molecule has 0 bridgehead atoms. The topological polar surface area (TPSA) is 80.7 Å². The van der Waals surface area contributed by atoms with Crippen LogP contribution in [0.4, 0.5) is 5.00 Å².